The fourth-order valence-electron chi connectivity index (χ4n) is 3.30. The first-order valence-electron chi connectivity index (χ1n) is 8.66. The summed E-state index contributed by atoms with van der Waals surface area (Å²) in [5, 5.41) is 2.98. The van der Waals surface area contributed by atoms with Crippen molar-refractivity contribution in [2.45, 2.75) is 33.1 Å². The van der Waals surface area contributed by atoms with Gasteiger partial charge in [-0.15, -0.1) is 0 Å². The second kappa shape index (κ2) is 5.69. The van der Waals surface area contributed by atoms with Crippen molar-refractivity contribution in [1.29, 1.82) is 0 Å². The first-order chi connectivity index (χ1) is 12.0. The molecule has 1 atom stereocenters. The molecule has 1 aromatic rings. The van der Waals surface area contributed by atoms with Crippen LogP contribution in [0.2, 0.25) is 0 Å². The van der Waals surface area contributed by atoms with Crippen LogP contribution in [0.5, 0.6) is 0 Å². The Morgan fingerprint density at radius 1 is 1.36 bits per heavy atom. The number of anilines is 1. The fraction of sp³-hybridized carbons (Fsp3) is 0.350. The molecular weight excluding hydrogens is 312 g/mol. The molecule has 25 heavy (non-hydrogen) atoms. The molecule has 0 spiro atoms. The van der Waals surface area contributed by atoms with Crippen LogP contribution in [0.25, 0.3) is 5.57 Å². The minimum atomic E-state index is -0.154. The van der Waals surface area contributed by atoms with Crippen LogP contribution < -0.4 is 11.1 Å². The van der Waals surface area contributed by atoms with Crippen molar-refractivity contribution in [2.75, 3.05) is 5.73 Å². The molecule has 2 aliphatic carbocycles. The zero-order valence-corrected chi connectivity index (χ0v) is 14.5. The number of pyridine rings is 1. The lowest BCUT2D eigenvalue weighted by atomic mass is 9.73. The number of amides is 1. The Kier molecular flexibility index (Phi) is 3.60. The second-order valence-corrected chi connectivity index (χ2v) is 7.35. The Morgan fingerprint density at radius 2 is 2.16 bits per heavy atom. The fourth-order valence-corrected chi connectivity index (χ4v) is 3.30. The van der Waals surface area contributed by atoms with Gasteiger partial charge in [0.2, 0.25) is 5.91 Å². The van der Waals surface area contributed by atoms with E-state index in [2.05, 4.69) is 40.4 Å². The molecule has 1 fully saturated rings. The summed E-state index contributed by atoms with van der Waals surface area (Å²) in [4.78, 5) is 20.7. The molecule has 0 aromatic carbocycles. The van der Waals surface area contributed by atoms with Gasteiger partial charge in [-0.3, -0.25) is 9.78 Å². The summed E-state index contributed by atoms with van der Waals surface area (Å²) in [6, 6.07) is 0. The van der Waals surface area contributed by atoms with E-state index in [1.807, 2.05) is 19.3 Å². The Bertz CT molecular complexity index is 874. The first-order valence-corrected chi connectivity index (χ1v) is 8.66. The van der Waals surface area contributed by atoms with E-state index in [0.29, 0.717) is 12.1 Å². The third kappa shape index (κ3) is 2.90. The summed E-state index contributed by atoms with van der Waals surface area (Å²) >= 11 is 0. The number of hydrogen-bond acceptors (Lipinski definition) is 4. The van der Waals surface area contributed by atoms with E-state index in [0.717, 1.165) is 41.0 Å². The molecule has 128 valence electrons. The van der Waals surface area contributed by atoms with Crippen LogP contribution in [0.15, 0.2) is 47.4 Å². The topological polar surface area (TPSA) is 80.4 Å². The molecule has 2 heterocycles. The maximum atomic E-state index is 12.0. The van der Waals surface area contributed by atoms with Crippen LogP contribution >= 0.6 is 0 Å². The molecule has 5 nitrogen and oxygen atoms in total. The van der Waals surface area contributed by atoms with Crippen LogP contribution in [0, 0.1) is 18.3 Å². The standard InChI is InChI=1S/C20H22N4O/c1-12-16(10-22-11-17(12)21)14-5-6-20(2)8-18(23-9-15(20)7-14)24-19(25)13-3-4-13/h5-7,9-11,13H,3-4,8,21H2,1-2H3,(H,23,24,25). The zero-order chi connectivity index (χ0) is 17.6. The van der Waals surface area contributed by atoms with Crippen molar-refractivity contribution in [3.05, 3.63) is 53.5 Å². The van der Waals surface area contributed by atoms with E-state index in [4.69, 9.17) is 5.73 Å². The third-order valence-electron chi connectivity index (χ3n) is 5.28. The molecule has 1 aliphatic heterocycles. The van der Waals surface area contributed by atoms with Gasteiger partial charge in [-0.05, 0) is 42.6 Å². The van der Waals surface area contributed by atoms with Crippen LogP contribution in [-0.2, 0) is 4.79 Å². The van der Waals surface area contributed by atoms with Gasteiger partial charge in [-0.2, -0.15) is 0 Å². The van der Waals surface area contributed by atoms with Crippen molar-refractivity contribution >= 4 is 23.0 Å². The van der Waals surface area contributed by atoms with Gasteiger partial charge in [0.25, 0.3) is 0 Å². The van der Waals surface area contributed by atoms with Gasteiger partial charge in [-0.25, -0.2) is 4.99 Å². The average Bonchev–Trinajstić information content (AvgIpc) is 3.41. The SMILES string of the molecule is Cc1c(N)cncc1C1=CC2=CN=C(NC(=O)C3CC3)CC2(C)C=C1. The summed E-state index contributed by atoms with van der Waals surface area (Å²) in [6.07, 6.45) is 14.5. The van der Waals surface area contributed by atoms with E-state index < -0.39 is 0 Å². The van der Waals surface area contributed by atoms with Gasteiger partial charge in [0, 0.05) is 35.7 Å². The molecule has 1 amide bonds. The van der Waals surface area contributed by atoms with Crippen LogP contribution in [0.1, 0.15) is 37.3 Å². The summed E-state index contributed by atoms with van der Waals surface area (Å²) < 4.78 is 0. The second-order valence-electron chi connectivity index (χ2n) is 7.35. The number of nitrogens with zero attached hydrogens (tertiary/aromatic N) is 2. The molecule has 0 saturated heterocycles. The Hall–Kier alpha value is -2.69. The minimum absolute atomic E-state index is 0.108. The van der Waals surface area contributed by atoms with Gasteiger partial charge >= 0.3 is 0 Å². The number of aliphatic imine (C=N–C) groups is 1. The maximum absolute atomic E-state index is 12.0. The molecule has 0 bridgehead atoms. The highest BCUT2D eigenvalue weighted by Crippen LogP contribution is 2.42. The van der Waals surface area contributed by atoms with Crippen molar-refractivity contribution in [1.82, 2.24) is 10.3 Å². The highest BCUT2D eigenvalue weighted by molar-refractivity contribution is 6.01. The number of carbonyl (C=O) groups excluding carboxylic acids is 1. The van der Waals surface area contributed by atoms with Gasteiger partial charge in [0.1, 0.15) is 5.84 Å². The Morgan fingerprint density at radius 3 is 2.92 bits per heavy atom. The van der Waals surface area contributed by atoms with E-state index >= 15 is 0 Å². The Balaban J connectivity index is 1.63. The molecule has 4 rings (SSSR count). The number of carbonyl (C=O) groups is 1. The van der Waals surface area contributed by atoms with E-state index in [-0.39, 0.29) is 17.2 Å². The predicted octanol–water partition coefficient (Wildman–Crippen LogP) is 3.14. The van der Waals surface area contributed by atoms with Crippen molar-refractivity contribution in [2.24, 2.45) is 16.3 Å². The Labute approximate surface area is 147 Å². The molecule has 3 N–H and O–H groups in total. The largest absolute Gasteiger partial charge is 0.397 e. The molecule has 0 radical (unpaired) electrons. The number of amidine groups is 1. The van der Waals surface area contributed by atoms with Gasteiger partial charge in [0.15, 0.2) is 0 Å². The van der Waals surface area contributed by atoms with Crippen molar-refractivity contribution in [3.63, 3.8) is 0 Å². The number of hydrogen-bond donors (Lipinski definition) is 2. The number of fused-ring (bicyclic) bond motifs is 1. The van der Waals surface area contributed by atoms with E-state index in [9.17, 15) is 4.79 Å². The molecule has 1 unspecified atom stereocenters. The van der Waals surface area contributed by atoms with Crippen LogP contribution in [0.4, 0.5) is 5.69 Å². The number of nitrogen functional groups attached to an aromatic ring is 1. The highest BCUT2D eigenvalue weighted by Gasteiger charge is 2.35. The van der Waals surface area contributed by atoms with E-state index in [1.165, 1.54) is 0 Å². The molecule has 1 aromatic heterocycles. The summed E-state index contributed by atoms with van der Waals surface area (Å²) in [6.45, 7) is 4.18. The average molecular weight is 334 g/mol. The normalized spacial score (nSPS) is 24.8. The maximum Gasteiger partial charge on any atom is 0.228 e. The van der Waals surface area contributed by atoms with Crippen LogP contribution in [-0.4, -0.2) is 16.7 Å². The smallest absolute Gasteiger partial charge is 0.228 e. The summed E-state index contributed by atoms with van der Waals surface area (Å²) in [5.74, 6) is 1.05. The molecule has 3 aliphatic rings. The molecule has 5 heteroatoms. The molecule has 1 saturated carbocycles. The van der Waals surface area contributed by atoms with E-state index in [1.54, 1.807) is 6.20 Å². The van der Waals surface area contributed by atoms with Gasteiger partial charge in [-0.1, -0.05) is 19.1 Å². The lowest BCUT2D eigenvalue weighted by Gasteiger charge is -2.34. The quantitative estimate of drug-likeness (QED) is 0.872. The number of allylic oxidation sites excluding steroid dienone is 5. The number of nitrogens with two attached hydrogens (primary N) is 1. The lowest BCUT2D eigenvalue weighted by Crippen LogP contribution is -2.37. The third-order valence-corrected chi connectivity index (χ3v) is 5.28. The number of rotatable bonds is 2. The zero-order valence-electron chi connectivity index (χ0n) is 14.5. The minimum Gasteiger partial charge on any atom is -0.397 e. The summed E-state index contributed by atoms with van der Waals surface area (Å²) in [7, 11) is 0. The lowest BCUT2D eigenvalue weighted by molar-refractivity contribution is -0.120. The van der Waals surface area contributed by atoms with Crippen LogP contribution in [0.3, 0.4) is 0 Å². The number of nitrogens with one attached hydrogen (secondary N) is 1. The van der Waals surface area contributed by atoms with Gasteiger partial charge in [0.05, 0.1) is 11.9 Å². The van der Waals surface area contributed by atoms with Crippen molar-refractivity contribution in [3.8, 4) is 0 Å². The highest BCUT2D eigenvalue weighted by atomic mass is 16.2. The van der Waals surface area contributed by atoms with Gasteiger partial charge < -0.3 is 11.1 Å². The molecular formula is C20H22N4O. The predicted molar refractivity (Wildman–Crippen MR) is 99.6 cm³/mol. The van der Waals surface area contributed by atoms with Crippen molar-refractivity contribution < 1.29 is 4.79 Å². The summed E-state index contributed by atoms with van der Waals surface area (Å²) in [5.41, 5.74) is 10.8. The monoisotopic (exact) mass is 334 g/mol. The number of aromatic nitrogens is 1. The first kappa shape index (κ1) is 15.8.